The van der Waals surface area contributed by atoms with E-state index in [9.17, 15) is 9.18 Å². The first-order valence-corrected chi connectivity index (χ1v) is 8.30. The van der Waals surface area contributed by atoms with Crippen LogP contribution in [0.3, 0.4) is 0 Å². The second-order valence-corrected chi connectivity index (χ2v) is 5.59. The Balaban J connectivity index is 1.40. The highest BCUT2D eigenvalue weighted by atomic mass is 19.1. The number of nitrogens with zero attached hydrogens (tertiary/aromatic N) is 1. The summed E-state index contributed by atoms with van der Waals surface area (Å²) in [5, 5.41) is 1.05. The molecule has 0 bridgehead atoms. The van der Waals surface area contributed by atoms with Gasteiger partial charge in [-0.2, -0.15) is 0 Å². The molecule has 0 spiro atoms. The summed E-state index contributed by atoms with van der Waals surface area (Å²) in [6, 6.07) is 17.4. The SMILES string of the molecule is O=C(/C=C/c1ccc2ccccc2n1)OCCCOc1ccc(F)cc1. The highest BCUT2D eigenvalue weighted by molar-refractivity contribution is 5.87. The number of para-hydroxylation sites is 1. The smallest absolute Gasteiger partial charge is 0.330 e. The number of esters is 1. The van der Waals surface area contributed by atoms with Crippen LogP contribution in [0.15, 0.2) is 66.7 Å². The van der Waals surface area contributed by atoms with E-state index in [4.69, 9.17) is 9.47 Å². The van der Waals surface area contributed by atoms with Crippen LogP contribution in [0, 0.1) is 5.82 Å². The van der Waals surface area contributed by atoms with Crippen LogP contribution < -0.4 is 4.74 Å². The molecule has 2 aromatic carbocycles. The first-order valence-electron chi connectivity index (χ1n) is 8.30. The molecule has 0 saturated heterocycles. The molecule has 0 saturated carbocycles. The van der Waals surface area contributed by atoms with Gasteiger partial charge in [0.05, 0.1) is 24.4 Å². The van der Waals surface area contributed by atoms with E-state index in [1.807, 2.05) is 36.4 Å². The summed E-state index contributed by atoms with van der Waals surface area (Å²) < 4.78 is 23.3. The number of rotatable bonds is 7. The summed E-state index contributed by atoms with van der Waals surface area (Å²) in [6.45, 7) is 0.629. The van der Waals surface area contributed by atoms with Crippen molar-refractivity contribution in [3.05, 3.63) is 78.3 Å². The maximum Gasteiger partial charge on any atom is 0.330 e. The fraction of sp³-hybridized carbons (Fsp3) is 0.143. The van der Waals surface area contributed by atoms with Gasteiger partial charge in [-0.3, -0.25) is 0 Å². The Labute approximate surface area is 150 Å². The standard InChI is InChI=1S/C21H18FNO3/c22-17-7-11-19(12-8-17)25-14-3-15-26-21(24)13-10-18-9-6-16-4-1-2-5-20(16)23-18/h1-2,4-13H,3,14-15H2/b13-10+. The lowest BCUT2D eigenvalue weighted by Gasteiger charge is -2.06. The molecule has 132 valence electrons. The van der Waals surface area contributed by atoms with Crippen molar-refractivity contribution < 1.29 is 18.7 Å². The van der Waals surface area contributed by atoms with E-state index in [0.29, 0.717) is 24.5 Å². The summed E-state index contributed by atoms with van der Waals surface area (Å²) in [7, 11) is 0. The maximum atomic E-state index is 12.8. The van der Waals surface area contributed by atoms with E-state index in [0.717, 1.165) is 10.9 Å². The van der Waals surface area contributed by atoms with Gasteiger partial charge in [0.25, 0.3) is 0 Å². The number of benzene rings is 2. The Morgan fingerprint density at radius 3 is 2.65 bits per heavy atom. The van der Waals surface area contributed by atoms with Crippen molar-refractivity contribution in [2.45, 2.75) is 6.42 Å². The number of halogens is 1. The molecule has 26 heavy (non-hydrogen) atoms. The Hall–Kier alpha value is -3.21. The van der Waals surface area contributed by atoms with Crippen LogP contribution in [0.2, 0.25) is 0 Å². The largest absolute Gasteiger partial charge is 0.493 e. The lowest BCUT2D eigenvalue weighted by atomic mass is 10.2. The molecule has 4 nitrogen and oxygen atoms in total. The molecule has 1 heterocycles. The second kappa shape index (κ2) is 8.76. The normalized spacial score (nSPS) is 11.0. The zero-order chi connectivity index (χ0) is 18.2. The minimum absolute atomic E-state index is 0.246. The van der Waals surface area contributed by atoms with Crippen LogP contribution in [-0.4, -0.2) is 24.2 Å². The minimum atomic E-state index is -0.429. The molecule has 0 aliphatic rings. The summed E-state index contributed by atoms with van der Waals surface area (Å²) in [5.41, 5.74) is 1.57. The Morgan fingerprint density at radius 1 is 1.00 bits per heavy atom. The van der Waals surface area contributed by atoms with Crippen molar-refractivity contribution >= 4 is 22.9 Å². The minimum Gasteiger partial charge on any atom is -0.493 e. The van der Waals surface area contributed by atoms with E-state index in [2.05, 4.69) is 4.98 Å². The molecular formula is C21H18FNO3. The second-order valence-electron chi connectivity index (χ2n) is 5.59. The van der Waals surface area contributed by atoms with Crippen LogP contribution >= 0.6 is 0 Å². The fourth-order valence-corrected chi connectivity index (χ4v) is 2.33. The number of hydrogen-bond donors (Lipinski definition) is 0. The lowest BCUT2D eigenvalue weighted by molar-refractivity contribution is -0.137. The molecule has 0 radical (unpaired) electrons. The number of hydrogen-bond acceptors (Lipinski definition) is 4. The lowest BCUT2D eigenvalue weighted by Crippen LogP contribution is -2.06. The number of carbonyl (C=O) groups excluding carboxylic acids is 1. The summed E-state index contributed by atoms with van der Waals surface area (Å²) in [4.78, 5) is 16.2. The molecule has 0 unspecified atom stereocenters. The van der Waals surface area contributed by atoms with Gasteiger partial charge in [-0.15, -0.1) is 0 Å². The van der Waals surface area contributed by atoms with Crippen LogP contribution in [0.25, 0.3) is 17.0 Å². The molecular weight excluding hydrogens is 333 g/mol. The predicted octanol–water partition coefficient (Wildman–Crippen LogP) is 4.40. The molecule has 5 heteroatoms. The van der Waals surface area contributed by atoms with Gasteiger partial charge >= 0.3 is 5.97 Å². The Kier molecular flexibility index (Phi) is 5.93. The van der Waals surface area contributed by atoms with Gasteiger partial charge in [0.15, 0.2) is 0 Å². The molecule has 0 amide bonds. The van der Waals surface area contributed by atoms with Crippen molar-refractivity contribution in [1.82, 2.24) is 4.98 Å². The van der Waals surface area contributed by atoms with Crippen LogP contribution in [-0.2, 0) is 9.53 Å². The molecule has 3 rings (SSSR count). The van der Waals surface area contributed by atoms with Crippen molar-refractivity contribution in [3.63, 3.8) is 0 Å². The van der Waals surface area contributed by atoms with Crippen molar-refractivity contribution in [2.24, 2.45) is 0 Å². The maximum absolute atomic E-state index is 12.8. The molecule has 1 aromatic heterocycles. The molecule has 0 N–H and O–H groups in total. The molecule has 3 aromatic rings. The van der Waals surface area contributed by atoms with Gasteiger partial charge in [-0.05, 0) is 42.5 Å². The van der Waals surface area contributed by atoms with Crippen LogP contribution in [0.1, 0.15) is 12.1 Å². The fourth-order valence-electron chi connectivity index (χ4n) is 2.33. The highest BCUT2D eigenvalue weighted by Crippen LogP contribution is 2.13. The average Bonchev–Trinajstić information content (AvgIpc) is 2.67. The number of pyridine rings is 1. The first kappa shape index (κ1) is 17.6. The van der Waals surface area contributed by atoms with E-state index in [-0.39, 0.29) is 12.4 Å². The average molecular weight is 351 g/mol. The van der Waals surface area contributed by atoms with Gasteiger partial charge in [0.1, 0.15) is 11.6 Å². The Morgan fingerprint density at radius 2 is 1.81 bits per heavy atom. The molecule has 0 atom stereocenters. The molecule has 0 aliphatic heterocycles. The van der Waals surface area contributed by atoms with E-state index in [1.54, 1.807) is 18.2 Å². The van der Waals surface area contributed by atoms with E-state index < -0.39 is 5.97 Å². The van der Waals surface area contributed by atoms with E-state index in [1.165, 1.54) is 18.2 Å². The zero-order valence-electron chi connectivity index (χ0n) is 14.1. The Bertz CT molecular complexity index is 907. The zero-order valence-corrected chi connectivity index (χ0v) is 14.1. The molecule has 0 fully saturated rings. The third-order valence-electron chi connectivity index (χ3n) is 3.63. The topological polar surface area (TPSA) is 48.4 Å². The number of ether oxygens (including phenoxy) is 2. The first-order chi connectivity index (χ1) is 12.7. The number of aromatic nitrogens is 1. The molecule has 0 aliphatic carbocycles. The number of fused-ring (bicyclic) bond motifs is 1. The van der Waals surface area contributed by atoms with E-state index >= 15 is 0 Å². The van der Waals surface area contributed by atoms with Gasteiger partial charge < -0.3 is 9.47 Å². The van der Waals surface area contributed by atoms with Crippen LogP contribution in [0.4, 0.5) is 4.39 Å². The summed E-state index contributed by atoms with van der Waals surface area (Å²) in [5.74, 6) is -0.152. The predicted molar refractivity (Wildman–Crippen MR) is 98.2 cm³/mol. The third kappa shape index (κ3) is 5.14. The monoisotopic (exact) mass is 351 g/mol. The van der Waals surface area contributed by atoms with Gasteiger partial charge in [-0.1, -0.05) is 24.3 Å². The third-order valence-corrected chi connectivity index (χ3v) is 3.63. The van der Waals surface area contributed by atoms with Crippen molar-refractivity contribution in [3.8, 4) is 5.75 Å². The summed E-state index contributed by atoms with van der Waals surface area (Å²) in [6.07, 6.45) is 3.53. The highest BCUT2D eigenvalue weighted by Gasteiger charge is 2.00. The van der Waals surface area contributed by atoms with Crippen molar-refractivity contribution in [1.29, 1.82) is 0 Å². The van der Waals surface area contributed by atoms with Crippen LogP contribution in [0.5, 0.6) is 5.75 Å². The quantitative estimate of drug-likeness (QED) is 0.360. The van der Waals surface area contributed by atoms with Gasteiger partial charge in [-0.25, -0.2) is 14.2 Å². The van der Waals surface area contributed by atoms with Crippen molar-refractivity contribution in [2.75, 3.05) is 13.2 Å². The number of carbonyl (C=O) groups is 1. The summed E-state index contributed by atoms with van der Waals surface area (Å²) >= 11 is 0. The van der Waals surface area contributed by atoms with Gasteiger partial charge in [0, 0.05) is 17.9 Å². The van der Waals surface area contributed by atoms with Gasteiger partial charge in [0.2, 0.25) is 0 Å².